The Kier molecular flexibility index (Phi) is 3.59. The van der Waals surface area contributed by atoms with Gasteiger partial charge < -0.3 is 4.74 Å². The van der Waals surface area contributed by atoms with Crippen LogP contribution in [0, 0.1) is 5.41 Å². The molecule has 0 N–H and O–H groups in total. The molecule has 0 aromatic rings. The quantitative estimate of drug-likeness (QED) is 0.604. The Morgan fingerprint density at radius 2 is 2.00 bits per heavy atom. The van der Waals surface area contributed by atoms with Crippen LogP contribution in [0.15, 0.2) is 11.1 Å². The molecule has 0 fully saturated rings. The highest BCUT2D eigenvalue weighted by molar-refractivity contribution is 6.31. The van der Waals surface area contributed by atoms with E-state index in [1.165, 1.54) is 7.11 Å². The van der Waals surface area contributed by atoms with E-state index in [1.54, 1.807) is 26.8 Å². The molecule has 0 aliphatic carbocycles. The van der Waals surface area contributed by atoms with Gasteiger partial charge in [-0.1, -0.05) is 17.7 Å². The average Bonchev–Trinajstić information content (AvgIpc) is 2.01. The van der Waals surface area contributed by atoms with Gasteiger partial charge in [0.2, 0.25) is 0 Å². The first kappa shape index (κ1) is 10.5. The molecule has 0 atom stereocenters. The summed E-state index contributed by atoms with van der Waals surface area (Å²) in [4.78, 5) is 11.1. The largest absolute Gasteiger partial charge is 0.468 e. The maximum atomic E-state index is 11.1. The van der Waals surface area contributed by atoms with Gasteiger partial charge in [0.25, 0.3) is 0 Å². The van der Waals surface area contributed by atoms with Crippen LogP contribution in [0.3, 0.4) is 0 Å². The first-order chi connectivity index (χ1) is 4.96. The first-order valence-electron chi connectivity index (χ1n) is 3.37. The van der Waals surface area contributed by atoms with Crippen LogP contribution >= 0.6 is 11.6 Å². The third kappa shape index (κ3) is 2.22. The number of ether oxygens (including phenoxy) is 1. The van der Waals surface area contributed by atoms with Crippen LogP contribution in [-0.2, 0) is 9.53 Å². The summed E-state index contributed by atoms with van der Waals surface area (Å²) in [6.45, 7) is 5.23. The zero-order chi connectivity index (χ0) is 9.07. The molecule has 3 heteroatoms. The second-order valence-corrected chi connectivity index (χ2v) is 3.16. The molecule has 0 aromatic carbocycles. The first-order valence-corrected chi connectivity index (χ1v) is 3.75. The fourth-order valence-corrected chi connectivity index (χ4v) is 0.791. The predicted molar refractivity (Wildman–Crippen MR) is 45.4 cm³/mol. The molecule has 0 saturated carbocycles. The van der Waals surface area contributed by atoms with Gasteiger partial charge in [0, 0.05) is 5.03 Å². The molecule has 0 spiro atoms. The summed E-state index contributed by atoms with van der Waals surface area (Å²) in [5.41, 5.74) is -0.717. The highest BCUT2D eigenvalue weighted by Crippen LogP contribution is 2.30. The lowest BCUT2D eigenvalue weighted by Gasteiger charge is -2.20. The zero-order valence-electron chi connectivity index (χ0n) is 7.27. The van der Waals surface area contributed by atoms with Crippen molar-refractivity contribution in [1.29, 1.82) is 0 Å². The predicted octanol–water partition coefficient (Wildman–Crippen LogP) is 2.33. The van der Waals surface area contributed by atoms with Gasteiger partial charge in [0.1, 0.15) is 0 Å². The number of esters is 1. The molecule has 64 valence electrons. The Morgan fingerprint density at radius 3 is 2.27 bits per heavy atom. The third-order valence-corrected chi connectivity index (χ3v) is 2.24. The summed E-state index contributed by atoms with van der Waals surface area (Å²) < 4.78 is 4.57. The monoisotopic (exact) mass is 176 g/mol. The van der Waals surface area contributed by atoms with Crippen molar-refractivity contribution in [3.05, 3.63) is 11.1 Å². The fraction of sp³-hybridized carbons (Fsp3) is 0.625. The van der Waals surface area contributed by atoms with Crippen LogP contribution < -0.4 is 0 Å². The molecule has 0 unspecified atom stereocenters. The van der Waals surface area contributed by atoms with Gasteiger partial charge in [-0.25, -0.2) is 0 Å². The van der Waals surface area contributed by atoms with Gasteiger partial charge in [-0.05, 0) is 20.8 Å². The fourth-order valence-electron chi connectivity index (χ4n) is 0.714. The average molecular weight is 177 g/mol. The van der Waals surface area contributed by atoms with E-state index in [0.717, 1.165) is 0 Å². The van der Waals surface area contributed by atoms with Gasteiger partial charge in [-0.2, -0.15) is 0 Å². The summed E-state index contributed by atoms with van der Waals surface area (Å²) in [6, 6.07) is 0. The molecule has 0 aliphatic heterocycles. The van der Waals surface area contributed by atoms with Crippen LogP contribution in [0.1, 0.15) is 20.8 Å². The topological polar surface area (TPSA) is 26.3 Å². The lowest BCUT2D eigenvalue weighted by atomic mass is 9.93. The zero-order valence-corrected chi connectivity index (χ0v) is 8.03. The highest BCUT2D eigenvalue weighted by atomic mass is 35.5. The van der Waals surface area contributed by atoms with Crippen molar-refractivity contribution in [3.8, 4) is 0 Å². The molecule has 0 heterocycles. The number of rotatable bonds is 2. The van der Waals surface area contributed by atoms with Crippen molar-refractivity contribution in [2.75, 3.05) is 7.11 Å². The Bertz CT molecular complexity index is 183. The summed E-state index contributed by atoms with van der Waals surface area (Å²) in [6.07, 6.45) is 1.69. The molecule has 0 saturated heterocycles. The minimum Gasteiger partial charge on any atom is -0.468 e. The van der Waals surface area contributed by atoms with E-state index in [0.29, 0.717) is 5.03 Å². The molecule has 0 rings (SSSR count). The van der Waals surface area contributed by atoms with E-state index in [9.17, 15) is 4.79 Å². The minimum absolute atomic E-state index is 0.319. The number of hydrogen-bond donors (Lipinski definition) is 0. The number of carbonyl (C=O) groups is 1. The Balaban J connectivity index is 4.58. The van der Waals surface area contributed by atoms with Gasteiger partial charge in [0.15, 0.2) is 0 Å². The molecule has 0 amide bonds. The minimum atomic E-state index is -0.717. The summed E-state index contributed by atoms with van der Waals surface area (Å²) in [5, 5.41) is 0.504. The van der Waals surface area contributed by atoms with E-state index in [1.807, 2.05) is 0 Å². The second kappa shape index (κ2) is 3.77. The van der Waals surface area contributed by atoms with Crippen molar-refractivity contribution in [2.24, 2.45) is 5.41 Å². The normalized spacial score (nSPS) is 13.0. The molecule has 0 bridgehead atoms. The number of halogens is 1. The molecular formula is C8H13ClO2. The van der Waals surface area contributed by atoms with Crippen molar-refractivity contribution in [3.63, 3.8) is 0 Å². The molecule has 11 heavy (non-hydrogen) atoms. The maximum Gasteiger partial charge on any atom is 0.316 e. The second-order valence-electron chi connectivity index (χ2n) is 2.75. The lowest BCUT2D eigenvalue weighted by Crippen LogP contribution is -2.25. The van der Waals surface area contributed by atoms with Crippen LogP contribution in [-0.4, -0.2) is 13.1 Å². The van der Waals surface area contributed by atoms with Crippen molar-refractivity contribution < 1.29 is 9.53 Å². The van der Waals surface area contributed by atoms with Crippen molar-refractivity contribution >= 4 is 17.6 Å². The van der Waals surface area contributed by atoms with E-state index in [-0.39, 0.29) is 5.97 Å². The van der Waals surface area contributed by atoms with Crippen molar-refractivity contribution in [2.45, 2.75) is 20.8 Å². The third-order valence-electron chi connectivity index (χ3n) is 1.55. The van der Waals surface area contributed by atoms with Crippen LogP contribution in [0.25, 0.3) is 0 Å². The van der Waals surface area contributed by atoms with Gasteiger partial charge in [0.05, 0.1) is 12.5 Å². The number of carbonyl (C=O) groups excluding carboxylic acids is 1. The van der Waals surface area contributed by atoms with E-state index >= 15 is 0 Å². The number of hydrogen-bond acceptors (Lipinski definition) is 2. The lowest BCUT2D eigenvalue weighted by molar-refractivity contribution is -0.148. The summed E-state index contributed by atoms with van der Waals surface area (Å²) in [7, 11) is 1.35. The van der Waals surface area contributed by atoms with Crippen LogP contribution in [0.4, 0.5) is 0 Å². The van der Waals surface area contributed by atoms with Crippen LogP contribution in [0.5, 0.6) is 0 Å². The molecule has 0 radical (unpaired) electrons. The number of methoxy groups -OCH3 is 1. The van der Waals surface area contributed by atoms with Crippen molar-refractivity contribution in [1.82, 2.24) is 0 Å². The molecular weight excluding hydrogens is 164 g/mol. The maximum absolute atomic E-state index is 11.1. The van der Waals surface area contributed by atoms with E-state index < -0.39 is 5.41 Å². The highest BCUT2D eigenvalue weighted by Gasteiger charge is 2.31. The van der Waals surface area contributed by atoms with E-state index in [2.05, 4.69) is 4.74 Å². The van der Waals surface area contributed by atoms with Gasteiger partial charge >= 0.3 is 5.97 Å². The van der Waals surface area contributed by atoms with Gasteiger partial charge in [-0.3, -0.25) is 4.79 Å². The van der Waals surface area contributed by atoms with Gasteiger partial charge in [-0.15, -0.1) is 0 Å². The Morgan fingerprint density at radius 1 is 1.55 bits per heavy atom. The Hall–Kier alpha value is -0.500. The molecule has 2 nitrogen and oxygen atoms in total. The summed E-state index contributed by atoms with van der Waals surface area (Å²) in [5.74, 6) is -0.319. The summed E-state index contributed by atoms with van der Waals surface area (Å²) >= 11 is 5.79. The standard InChI is InChI=1S/C8H13ClO2/c1-5-6(9)8(2,3)7(10)11-4/h5H,1-4H3. The van der Waals surface area contributed by atoms with Crippen LogP contribution in [0.2, 0.25) is 0 Å². The number of allylic oxidation sites excluding steroid dienone is 1. The Labute approximate surface area is 72.2 Å². The van der Waals surface area contributed by atoms with E-state index in [4.69, 9.17) is 11.6 Å². The molecule has 0 aromatic heterocycles. The molecule has 0 aliphatic rings. The SMILES string of the molecule is CC=C(Cl)C(C)(C)C(=O)OC. The smallest absolute Gasteiger partial charge is 0.316 e.